The fourth-order valence-corrected chi connectivity index (χ4v) is 5.55. The highest BCUT2D eigenvalue weighted by atomic mass is 127. The molecule has 1 saturated heterocycles. The van der Waals surface area contributed by atoms with Gasteiger partial charge in [0.1, 0.15) is 11.2 Å². The van der Waals surface area contributed by atoms with Crippen molar-refractivity contribution in [3.05, 3.63) is 52.4 Å². The maximum absolute atomic E-state index is 13.3. The summed E-state index contributed by atoms with van der Waals surface area (Å²) in [5.41, 5.74) is 9.03. The lowest BCUT2D eigenvalue weighted by molar-refractivity contribution is 0.102. The Labute approximate surface area is 219 Å². The molecule has 1 aromatic carbocycles. The third-order valence-corrected chi connectivity index (χ3v) is 6.88. The van der Waals surface area contributed by atoms with Crippen molar-refractivity contribution in [3.8, 4) is 0 Å². The van der Waals surface area contributed by atoms with Crippen molar-refractivity contribution in [3.63, 3.8) is 0 Å². The minimum absolute atomic E-state index is 0.255. The molecule has 3 heterocycles. The maximum atomic E-state index is 13.3. The normalized spacial score (nSPS) is 15.3. The van der Waals surface area contributed by atoms with E-state index in [4.69, 9.17) is 26.5 Å². The van der Waals surface area contributed by atoms with E-state index in [0.717, 1.165) is 37.1 Å². The predicted molar refractivity (Wildman–Crippen MR) is 146 cm³/mol. The number of nitrogens with one attached hydrogen (secondary N) is 2. The molecule has 0 bridgehead atoms. The van der Waals surface area contributed by atoms with Gasteiger partial charge >= 0.3 is 0 Å². The van der Waals surface area contributed by atoms with Crippen molar-refractivity contribution in [2.24, 2.45) is 4.99 Å². The van der Waals surface area contributed by atoms with Gasteiger partial charge in [-0.15, -0.1) is 0 Å². The Morgan fingerprint density at radius 2 is 2.18 bits per heavy atom. The van der Waals surface area contributed by atoms with Crippen LogP contribution in [0.5, 0.6) is 0 Å². The van der Waals surface area contributed by atoms with E-state index in [-0.39, 0.29) is 11.9 Å². The Bertz CT molecular complexity index is 1230. The lowest BCUT2D eigenvalue weighted by atomic mass is 9.93. The lowest BCUT2D eigenvalue weighted by Gasteiger charge is -2.27. The van der Waals surface area contributed by atoms with Gasteiger partial charge in [0, 0.05) is 56.1 Å². The van der Waals surface area contributed by atoms with Gasteiger partial charge in [0.15, 0.2) is 5.65 Å². The number of benzene rings is 1. The van der Waals surface area contributed by atoms with Crippen LogP contribution in [0.25, 0.3) is 5.65 Å². The fourth-order valence-electron chi connectivity index (χ4n) is 3.81. The summed E-state index contributed by atoms with van der Waals surface area (Å²) in [6.07, 6.45) is 8.31. The van der Waals surface area contributed by atoms with Crippen LogP contribution in [-0.2, 0) is 9.78 Å². The van der Waals surface area contributed by atoms with E-state index in [1.165, 1.54) is 26.1 Å². The van der Waals surface area contributed by atoms with Crippen molar-refractivity contribution in [2.45, 2.75) is 38.3 Å². The van der Waals surface area contributed by atoms with Crippen molar-refractivity contribution in [1.29, 1.82) is 0 Å². The molecule has 4 N–H and O–H groups in total. The van der Waals surface area contributed by atoms with E-state index in [1.54, 1.807) is 12.4 Å². The van der Waals surface area contributed by atoms with Gasteiger partial charge in [-0.05, 0) is 51.9 Å². The van der Waals surface area contributed by atoms with Gasteiger partial charge < -0.3 is 16.4 Å². The molecular weight excluding hydrogens is 589 g/mol. The zero-order chi connectivity index (χ0) is 24.3. The second-order valence-corrected chi connectivity index (χ2v) is 10.3. The van der Waals surface area contributed by atoms with Crippen LogP contribution in [0.2, 0.25) is 5.02 Å². The predicted octanol–water partition coefficient (Wildman–Crippen LogP) is 4.64. The Kier molecular flexibility index (Phi) is 7.97. The summed E-state index contributed by atoms with van der Waals surface area (Å²) in [5, 5.41) is 11.0. The summed E-state index contributed by atoms with van der Waals surface area (Å²) in [7, 11) is 1.22. The van der Waals surface area contributed by atoms with Gasteiger partial charge in [0.2, 0.25) is 0 Å². The number of carbonyl (C=O) groups is 1. The van der Waals surface area contributed by atoms with Gasteiger partial charge in [-0.2, -0.15) is 5.10 Å². The molecule has 0 saturated carbocycles. The van der Waals surface area contributed by atoms with Crippen molar-refractivity contribution in [2.75, 3.05) is 24.1 Å². The molecule has 9 nitrogen and oxygen atoms in total. The van der Waals surface area contributed by atoms with Crippen LogP contribution in [-0.4, -0.2) is 45.9 Å². The molecule has 1 aliphatic heterocycles. The Hall–Kier alpha value is -1.93. The molecule has 0 aliphatic carbocycles. The first kappa shape index (κ1) is 25.2. The Morgan fingerprint density at radius 3 is 2.91 bits per heavy atom. The molecule has 1 aliphatic rings. The first-order valence-corrected chi connectivity index (χ1v) is 14.4. The number of nitrogens with zero attached hydrogens (tertiary/aromatic N) is 4. The van der Waals surface area contributed by atoms with Gasteiger partial charge in [0.05, 0.1) is 32.7 Å². The van der Waals surface area contributed by atoms with E-state index < -0.39 is 5.60 Å². The zero-order valence-corrected chi connectivity index (χ0v) is 22.4. The summed E-state index contributed by atoms with van der Waals surface area (Å²) in [5.74, 6) is -0.352. The molecular formula is C22H25ClIN7O2S. The zero-order valence-electron chi connectivity index (χ0n) is 18.7. The molecule has 0 radical (unpaired) electrons. The molecule has 1 fully saturated rings. The summed E-state index contributed by atoms with van der Waals surface area (Å²) in [6, 6.07) is 3.93. The standard InChI is InChI=1S/C22H25ClIN7O2S/c1-22(2,33-34-24)17-8-18(25)13(9-27-15-3-5-26-6-4-15)7-19(17)30-21(32)16-11-29-31-12-14(23)10-28-20(16)31/h7-12,15,26H,3-6,25H2,1-2H3,(H,30,32). The first-order valence-electron chi connectivity index (χ1n) is 10.7. The highest BCUT2D eigenvalue weighted by molar-refractivity contribution is 14.2. The Balaban J connectivity index is 1.70. The molecule has 34 heavy (non-hydrogen) atoms. The van der Waals surface area contributed by atoms with Crippen LogP contribution in [0.3, 0.4) is 0 Å². The average Bonchev–Trinajstić information content (AvgIpc) is 3.22. The number of nitrogens with two attached hydrogens (primary N) is 1. The molecule has 0 unspecified atom stereocenters. The summed E-state index contributed by atoms with van der Waals surface area (Å²) in [6.45, 7) is 5.75. The third-order valence-electron chi connectivity index (χ3n) is 5.66. The van der Waals surface area contributed by atoms with Gasteiger partial charge in [-0.3, -0.25) is 14.0 Å². The summed E-state index contributed by atoms with van der Waals surface area (Å²) in [4.78, 5) is 22.2. The molecule has 1 amide bonds. The molecule has 0 atom stereocenters. The van der Waals surface area contributed by atoms with Crippen molar-refractivity contribution < 1.29 is 8.98 Å². The molecule has 180 valence electrons. The second kappa shape index (κ2) is 10.8. The van der Waals surface area contributed by atoms with Crippen LogP contribution >= 0.6 is 42.0 Å². The molecule has 2 aromatic heterocycles. The monoisotopic (exact) mass is 613 g/mol. The van der Waals surface area contributed by atoms with E-state index >= 15 is 0 Å². The molecule has 3 aromatic rings. The van der Waals surface area contributed by atoms with Crippen molar-refractivity contribution in [1.82, 2.24) is 19.9 Å². The largest absolute Gasteiger partial charge is 0.398 e. The summed E-state index contributed by atoms with van der Waals surface area (Å²) >= 11 is 8.06. The minimum Gasteiger partial charge on any atom is -0.398 e. The van der Waals surface area contributed by atoms with Crippen LogP contribution in [0.1, 0.15) is 48.2 Å². The smallest absolute Gasteiger partial charge is 0.261 e. The number of hydrogen-bond acceptors (Lipinski definition) is 8. The average molecular weight is 614 g/mol. The number of nitrogen functional groups attached to an aromatic ring is 1. The molecule has 0 spiro atoms. The number of aromatic nitrogens is 3. The van der Waals surface area contributed by atoms with Crippen LogP contribution in [0.15, 0.2) is 35.7 Å². The van der Waals surface area contributed by atoms with Crippen LogP contribution in [0.4, 0.5) is 11.4 Å². The number of hydrogen-bond donors (Lipinski definition) is 3. The van der Waals surface area contributed by atoms with Crippen LogP contribution < -0.4 is 16.4 Å². The number of anilines is 2. The minimum atomic E-state index is -0.722. The van der Waals surface area contributed by atoms with Crippen LogP contribution in [0, 0.1) is 0 Å². The van der Waals surface area contributed by atoms with Crippen molar-refractivity contribution >= 4 is 71.2 Å². The first-order chi connectivity index (χ1) is 16.3. The highest BCUT2D eigenvalue weighted by Gasteiger charge is 2.28. The topological polar surface area (TPSA) is 119 Å². The second-order valence-electron chi connectivity index (χ2n) is 8.50. The Morgan fingerprint density at radius 1 is 1.41 bits per heavy atom. The van der Waals surface area contributed by atoms with Gasteiger partial charge in [0.25, 0.3) is 5.91 Å². The number of amides is 1. The van der Waals surface area contributed by atoms with E-state index in [2.05, 4.69) is 41.9 Å². The number of halogens is 2. The number of piperidine rings is 1. The number of aliphatic imine (C=N–C) groups is 1. The van der Waals surface area contributed by atoms with E-state index in [0.29, 0.717) is 27.6 Å². The quantitative estimate of drug-likeness (QED) is 0.154. The fraction of sp³-hybridized carbons (Fsp3) is 0.364. The lowest BCUT2D eigenvalue weighted by Crippen LogP contribution is -2.29. The summed E-state index contributed by atoms with van der Waals surface area (Å²) < 4.78 is 7.34. The number of rotatable bonds is 7. The molecule has 4 rings (SSSR count). The van der Waals surface area contributed by atoms with Gasteiger partial charge in [-0.1, -0.05) is 11.6 Å². The third kappa shape index (κ3) is 5.65. The highest BCUT2D eigenvalue weighted by Crippen LogP contribution is 2.38. The molecule has 12 heteroatoms. The van der Waals surface area contributed by atoms with Gasteiger partial charge in [-0.25, -0.2) is 9.50 Å². The number of carbonyl (C=O) groups excluding carboxylic acids is 1. The number of fused-ring (bicyclic) bond motifs is 1. The van der Waals surface area contributed by atoms with E-state index in [9.17, 15) is 4.79 Å². The SMILES string of the molecule is CC(C)(OSI)c1cc(N)c(C=NC2CCNCC2)cc1NC(=O)c1cnn2cc(Cl)cnc12. The van der Waals surface area contributed by atoms with E-state index in [1.807, 2.05) is 26.0 Å². The maximum Gasteiger partial charge on any atom is 0.261 e.